The third kappa shape index (κ3) is 1.89. The molecule has 4 heteroatoms. The van der Waals surface area contributed by atoms with E-state index in [0.717, 1.165) is 22.5 Å². The van der Waals surface area contributed by atoms with Gasteiger partial charge in [-0.15, -0.1) is 11.6 Å². The molecule has 3 nitrogen and oxygen atoms in total. The summed E-state index contributed by atoms with van der Waals surface area (Å²) in [6.45, 7) is 0. The molecule has 0 N–H and O–H groups in total. The molecule has 84 valence electrons. The summed E-state index contributed by atoms with van der Waals surface area (Å²) >= 11 is 5.80. The highest BCUT2D eigenvalue weighted by Gasteiger charge is 2.04. The fourth-order valence-corrected chi connectivity index (χ4v) is 1.93. The molecule has 0 aromatic carbocycles. The van der Waals surface area contributed by atoms with Crippen LogP contribution in [-0.4, -0.2) is 14.4 Å². The Bertz CT molecular complexity index is 646. The van der Waals surface area contributed by atoms with Crippen molar-refractivity contribution in [3.05, 3.63) is 54.6 Å². The molecule has 17 heavy (non-hydrogen) atoms. The maximum Gasteiger partial charge on any atom is 0.137 e. The standard InChI is InChI=1S/C13H10ClN3/c14-7-10-3-5-17-9-12(16-13(17)6-10)11-2-1-4-15-8-11/h1-6,8-9H,7H2. The Balaban J connectivity index is 2.14. The van der Waals surface area contributed by atoms with Crippen LogP contribution in [0, 0.1) is 0 Å². The first-order chi connectivity index (χ1) is 8.36. The van der Waals surface area contributed by atoms with Gasteiger partial charge in [0.15, 0.2) is 0 Å². The van der Waals surface area contributed by atoms with Gasteiger partial charge < -0.3 is 4.40 Å². The van der Waals surface area contributed by atoms with Crippen LogP contribution in [-0.2, 0) is 5.88 Å². The fraction of sp³-hybridized carbons (Fsp3) is 0.0769. The lowest BCUT2D eigenvalue weighted by Crippen LogP contribution is -1.84. The first-order valence-electron chi connectivity index (χ1n) is 5.31. The number of rotatable bonds is 2. The molecule has 0 aliphatic rings. The summed E-state index contributed by atoms with van der Waals surface area (Å²) in [5.41, 5.74) is 3.91. The predicted octanol–water partition coefficient (Wildman–Crippen LogP) is 3.14. The van der Waals surface area contributed by atoms with Crippen molar-refractivity contribution in [2.75, 3.05) is 0 Å². The van der Waals surface area contributed by atoms with E-state index in [1.807, 2.05) is 47.3 Å². The molecule has 3 rings (SSSR count). The number of nitrogens with zero attached hydrogens (tertiary/aromatic N) is 3. The van der Waals surface area contributed by atoms with E-state index in [0.29, 0.717) is 5.88 Å². The van der Waals surface area contributed by atoms with E-state index in [1.54, 1.807) is 6.20 Å². The van der Waals surface area contributed by atoms with Gasteiger partial charge in [-0.3, -0.25) is 4.98 Å². The van der Waals surface area contributed by atoms with Crippen molar-refractivity contribution >= 4 is 17.2 Å². The molecule has 0 saturated heterocycles. The molecule has 0 radical (unpaired) electrons. The molecule has 0 amide bonds. The second-order valence-electron chi connectivity index (χ2n) is 3.80. The summed E-state index contributed by atoms with van der Waals surface area (Å²) in [5.74, 6) is 0.506. The van der Waals surface area contributed by atoms with Gasteiger partial charge >= 0.3 is 0 Å². The summed E-state index contributed by atoms with van der Waals surface area (Å²) in [5, 5.41) is 0. The molecule has 3 heterocycles. The lowest BCUT2D eigenvalue weighted by molar-refractivity contribution is 1.16. The van der Waals surface area contributed by atoms with Gasteiger partial charge in [-0.2, -0.15) is 0 Å². The van der Waals surface area contributed by atoms with Crippen molar-refractivity contribution in [2.24, 2.45) is 0 Å². The number of pyridine rings is 2. The number of fused-ring (bicyclic) bond motifs is 1. The van der Waals surface area contributed by atoms with E-state index in [9.17, 15) is 0 Å². The molecule has 3 aromatic heterocycles. The molecule has 0 atom stereocenters. The zero-order valence-corrected chi connectivity index (χ0v) is 9.80. The average molecular weight is 244 g/mol. The minimum atomic E-state index is 0.506. The van der Waals surface area contributed by atoms with Gasteiger partial charge in [-0.05, 0) is 29.8 Å². The number of hydrogen-bond acceptors (Lipinski definition) is 2. The number of imidazole rings is 1. The van der Waals surface area contributed by atoms with Crippen LogP contribution in [0.15, 0.2) is 49.1 Å². The quantitative estimate of drug-likeness (QED) is 0.648. The molecule has 0 bridgehead atoms. The molecule has 0 spiro atoms. The number of alkyl halides is 1. The molecule has 0 aliphatic carbocycles. The molecule has 0 saturated carbocycles. The number of halogens is 1. The van der Waals surface area contributed by atoms with E-state index in [-0.39, 0.29) is 0 Å². The van der Waals surface area contributed by atoms with E-state index in [4.69, 9.17) is 11.6 Å². The Hall–Kier alpha value is -1.87. The van der Waals surface area contributed by atoms with Crippen LogP contribution in [0.3, 0.4) is 0 Å². The third-order valence-corrected chi connectivity index (χ3v) is 2.94. The Labute approximate surface area is 104 Å². The van der Waals surface area contributed by atoms with Gasteiger partial charge in [-0.25, -0.2) is 4.98 Å². The second-order valence-corrected chi connectivity index (χ2v) is 4.07. The maximum absolute atomic E-state index is 5.80. The zero-order valence-electron chi connectivity index (χ0n) is 9.05. The highest BCUT2D eigenvalue weighted by Crippen LogP contribution is 2.18. The Morgan fingerprint density at radius 2 is 2.24 bits per heavy atom. The van der Waals surface area contributed by atoms with E-state index in [2.05, 4.69) is 9.97 Å². The van der Waals surface area contributed by atoms with Crippen LogP contribution in [0.2, 0.25) is 0 Å². The predicted molar refractivity (Wildman–Crippen MR) is 68.0 cm³/mol. The fourth-order valence-electron chi connectivity index (χ4n) is 1.76. The van der Waals surface area contributed by atoms with Gasteiger partial charge in [0.05, 0.1) is 5.69 Å². The van der Waals surface area contributed by atoms with Crippen LogP contribution in [0.5, 0.6) is 0 Å². The highest BCUT2D eigenvalue weighted by atomic mass is 35.5. The molecular formula is C13H10ClN3. The van der Waals surface area contributed by atoms with E-state index >= 15 is 0 Å². The van der Waals surface area contributed by atoms with Gasteiger partial charge in [0.2, 0.25) is 0 Å². The van der Waals surface area contributed by atoms with Gasteiger partial charge in [0.25, 0.3) is 0 Å². The Morgan fingerprint density at radius 1 is 1.29 bits per heavy atom. The topological polar surface area (TPSA) is 30.2 Å². The summed E-state index contributed by atoms with van der Waals surface area (Å²) in [6.07, 6.45) is 7.53. The van der Waals surface area contributed by atoms with Crippen LogP contribution in [0.25, 0.3) is 16.9 Å². The second kappa shape index (κ2) is 4.18. The van der Waals surface area contributed by atoms with Crippen molar-refractivity contribution < 1.29 is 0 Å². The largest absolute Gasteiger partial charge is 0.306 e. The summed E-state index contributed by atoms with van der Waals surface area (Å²) in [7, 11) is 0. The van der Waals surface area contributed by atoms with Crippen LogP contribution < -0.4 is 0 Å². The zero-order chi connectivity index (χ0) is 11.7. The van der Waals surface area contributed by atoms with Crippen LogP contribution in [0.1, 0.15) is 5.56 Å². The van der Waals surface area contributed by atoms with Gasteiger partial charge in [0.1, 0.15) is 5.65 Å². The Morgan fingerprint density at radius 3 is 3.00 bits per heavy atom. The summed E-state index contributed by atoms with van der Waals surface area (Å²) in [6, 6.07) is 7.89. The SMILES string of the molecule is ClCc1ccn2cc(-c3cccnc3)nc2c1. The van der Waals surface area contributed by atoms with Gasteiger partial charge in [-0.1, -0.05) is 0 Å². The van der Waals surface area contributed by atoms with E-state index in [1.165, 1.54) is 0 Å². The monoisotopic (exact) mass is 243 g/mol. The van der Waals surface area contributed by atoms with Crippen molar-refractivity contribution in [1.29, 1.82) is 0 Å². The van der Waals surface area contributed by atoms with Crippen molar-refractivity contribution in [2.45, 2.75) is 5.88 Å². The Kier molecular flexibility index (Phi) is 2.53. The molecule has 0 fully saturated rings. The highest BCUT2D eigenvalue weighted by molar-refractivity contribution is 6.17. The molecular weight excluding hydrogens is 234 g/mol. The van der Waals surface area contributed by atoms with Gasteiger partial charge in [0, 0.05) is 36.2 Å². The lowest BCUT2D eigenvalue weighted by Gasteiger charge is -1.95. The maximum atomic E-state index is 5.80. The lowest BCUT2D eigenvalue weighted by atomic mass is 10.2. The summed E-state index contributed by atoms with van der Waals surface area (Å²) in [4.78, 5) is 8.65. The van der Waals surface area contributed by atoms with E-state index < -0.39 is 0 Å². The third-order valence-electron chi connectivity index (χ3n) is 2.64. The van der Waals surface area contributed by atoms with Crippen molar-refractivity contribution in [3.63, 3.8) is 0 Å². The minimum absolute atomic E-state index is 0.506. The summed E-state index contributed by atoms with van der Waals surface area (Å²) < 4.78 is 1.98. The number of hydrogen-bond donors (Lipinski definition) is 0. The average Bonchev–Trinajstić information content (AvgIpc) is 2.82. The van der Waals surface area contributed by atoms with Crippen LogP contribution in [0.4, 0.5) is 0 Å². The first kappa shape index (κ1) is 10.3. The minimum Gasteiger partial charge on any atom is -0.306 e. The molecule has 0 aliphatic heterocycles. The molecule has 0 unspecified atom stereocenters. The smallest absolute Gasteiger partial charge is 0.137 e. The van der Waals surface area contributed by atoms with Crippen molar-refractivity contribution in [3.8, 4) is 11.3 Å². The van der Waals surface area contributed by atoms with Crippen molar-refractivity contribution in [1.82, 2.24) is 14.4 Å². The normalized spacial score (nSPS) is 10.9. The number of aromatic nitrogens is 3. The van der Waals surface area contributed by atoms with Crippen LogP contribution >= 0.6 is 11.6 Å². The molecule has 3 aromatic rings. The first-order valence-corrected chi connectivity index (χ1v) is 5.84.